The first-order valence-electron chi connectivity index (χ1n) is 12.1. The van der Waals surface area contributed by atoms with Gasteiger partial charge in [0.15, 0.2) is 0 Å². The molecule has 0 bridgehead atoms. The number of benzene rings is 3. The molecule has 1 amide bonds. The van der Waals surface area contributed by atoms with E-state index in [0.29, 0.717) is 36.2 Å². The molecule has 3 aromatic carbocycles. The monoisotopic (exact) mass is 514 g/mol. The summed E-state index contributed by atoms with van der Waals surface area (Å²) in [6.45, 7) is 2.42. The lowest BCUT2D eigenvalue weighted by Crippen LogP contribution is -2.35. The molecule has 0 aliphatic rings. The summed E-state index contributed by atoms with van der Waals surface area (Å²) >= 11 is 0. The van der Waals surface area contributed by atoms with Crippen LogP contribution in [0, 0.1) is 0 Å². The minimum Gasteiger partial charge on any atom is -0.478 e. The zero-order valence-electron chi connectivity index (χ0n) is 21.3. The highest BCUT2D eigenvalue weighted by Gasteiger charge is 2.10. The predicted octanol–water partition coefficient (Wildman–Crippen LogP) is 4.83. The lowest BCUT2D eigenvalue weighted by Gasteiger charge is -2.22. The van der Waals surface area contributed by atoms with Gasteiger partial charge in [-0.25, -0.2) is 9.78 Å². The topological polar surface area (TPSA) is 108 Å². The number of oxazole rings is 1. The molecule has 4 aromatic rings. The second kappa shape index (κ2) is 12.7. The Morgan fingerprint density at radius 1 is 0.895 bits per heavy atom. The van der Waals surface area contributed by atoms with Crippen molar-refractivity contribution < 1.29 is 23.8 Å². The number of carboxylic acids is 1. The number of hydrogen-bond acceptors (Lipinski definition) is 7. The molecule has 0 radical (unpaired) electrons. The first kappa shape index (κ1) is 26.6. The summed E-state index contributed by atoms with van der Waals surface area (Å²) in [7, 11) is 3.90. The molecule has 0 saturated carbocycles. The molecule has 2 N–H and O–H groups in total. The van der Waals surface area contributed by atoms with Gasteiger partial charge in [0.1, 0.15) is 17.8 Å². The van der Waals surface area contributed by atoms with E-state index < -0.39 is 5.97 Å². The molecule has 0 aliphatic heterocycles. The molecule has 0 unspecified atom stereocenters. The molecule has 0 spiro atoms. The Bertz CT molecular complexity index is 1320. The van der Waals surface area contributed by atoms with Crippen molar-refractivity contribution in [2.75, 3.05) is 39.0 Å². The van der Waals surface area contributed by atoms with E-state index in [4.69, 9.17) is 14.3 Å². The molecular formula is C29H30N4O5. The Hall–Kier alpha value is -4.47. The predicted molar refractivity (Wildman–Crippen MR) is 144 cm³/mol. The number of rotatable bonds is 12. The van der Waals surface area contributed by atoms with Crippen molar-refractivity contribution in [3.63, 3.8) is 0 Å². The van der Waals surface area contributed by atoms with Gasteiger partial charge in [-0.05, 0) is 80.3 Å². The first-order valence-corrected chi connectivity index (χ1v) is 12.1. The van der Waals surface area contributed by atoms with Crippen molar-refractivity contribution in [2.24, 2.45) is 0 Å². The normalized spacial score (nSPS) is 11.1. The zero-order valence-corrected chi connectivity index (χ0v) is 21.3. The first-order chi connectivity index (χ1) is 18.4. The summed E-state index contributed by atoms with van der Waals surface area (Å²) in [5, 5.41) is 11.9. The smallest absolute Gasteiger partial charge is 0.335 e. The van der Waals surface area contributed by atoms with Crippen molar-refractivity contribution in [3.05, 3.63) is 96.4 Å². The third-order valence-electron chi connectivity index (χ3n) is 5.84. The minimum absolute atomic E-state index is 0.102. The van der Waals surface area contributed by atoms with Crippen LogP contribution in [0.5, 0.6) is 11.5 Å². The van der Waals surface area contributed by atoms with Gasteiger partial charge in [0.25, 0.3) is 0 Å². The Labute approximate surface area is 221 Å². The zero-order chi connectivity index (χ0) is 26.9. The number of aromatic nitrogens is 1. The van der Waals surface area contributed by atoms with Gasteiger partial charge in [0.05, 0.1) is 18.3 Å². The fourth-order valence-corrected chi connectivity index (χ4v) is 3.78. The fourth-order valence-electron chi connectivity index (χ4n) is 3.78. The lowest BCUT2D eigenvalue weighted by atomic mass is 10.1. The third-order valence-corrected chi connectivity index (χ3v) is 5.84. The van der Waals surface area contributed by atoms with Gasteiger partial charge in [0, 0.05) is 30.9 Å². The number of hydrogen-bond donors (Lipinski definition) is 2. The fraction of sp³-hybridized carbons (Fsp3) is 0.207. The summed E-state index contributed by atoms with van der Waals surface area (Å²) in [5.74, 6) is 0.861. The number of carbonyl (C=O) groups is 2. The van der Waals surface area contributed by atoms with Crippen molar-refractivity contribution in [1.29, 1.82) is 0 Å². The van der Waals surface area contributed by atoms with E-state index in [9.17, 15) is 9.59 Å². The number of likely N-dealkylation sites (N-methyl/N-ethyl adjacent to an activating group) is 2. The van der Waals surface area contributed by atoms with Crippen molar-refractivity contribution >= 4 is 17.6 Å². The second-order valence-electron chi connectivity index (χ2n) is 9.01. The van der Waals surface area contributed by atoms with Crippen molar-refractivity contribution in [3.8, 4) is 23.0 Å². The maximum atomic E-state index is 12.5. The summed E-state index contributed by atoms with van der Waals surface area (Å²) in [5.41, 5.74) is 2.87. The summed E-state index contributed by atoms with van der Waals surface area (Å²) in [6.07, 6.45) is 3.14. The number of carbonyl (C=O) groups excluding carboxylic acids is 1. The molecule has 1 heterocycles. The maximum Gasteiger partial charge on any atom is 0.335 e. The number of amides is 1. The van der Waals surface area contributed by atoms with E-state index in [-0.39, 0.29) is 18.0 Å². The van der Waals surface area contributed by atoms with Gasteiger partial charge < -0.3 is 24.5 Å². The molecule has 9 heteroatoms. The van der Waals surface area contributed by atoms with Crippen LogP contribution in [-0.2, 0) is 11.3 Å². The number of ether oxygens (including phenoxy) is 1. The highest BCUT2D eigenvalue weighted by molar-refractivity contribution is 5.92. The molecule has 4 rings (SSSR count). The summed E-state index contributed by atoms with van der Waals surface area (Å²) in [4.78, 5) is 31.7. The Kier molecular flexibility index (Phi) is 8.86. The van der Waals surface area contributed by atoms with Crippen LogP contribution in [0.15, 0.2) is 89.7 Å². The second-order valence-corrected chi connectivity index (χ2v) is 9.01. The van der Waals surface area contributed by atoms with Crippen molar-refractivity contribution in [2.45, 2.75) is 6.54 Å². The number of nitrogens with zero attached hydrogens (tertiary/aromatic N) is 3. The molecule has 9 nitrogen and oxygen atoms in total. The van der Waals surface area contributed by atoms with E-state index in [2.05, 4.69) is 15.2 Å². The van der Waals surface area contributed by atoms with Crippen LogP contribution in [0.3, 0.4) is 0 Å². The Balaban J connectivity index is 1.18. The Morgan fingerprint density at radius 3 is 2.13 bits per heavy atom. The molecular weight excluding hydrogens is 484 g/mol. The molecule has 196 valence electrons. The average molecular weight is 515 g/mol. The van der Waals surface area contributed by atoms with Gasteiger partial charge in [-0.3, -0.25) is 9.69 Å². The van der Waals surface area contributed by atoms with Crippen LogP contribution in [0.25, 0.3) is 11.5 Å². The molecule has 1 aromatic heterocycles. The lowest BCUT2D eigenvalue weighted by molar-refractivity contribution is -0.117. The largest absolute Gasteiger partial charge is 0.478 e. The van der Waals surface area contributed by atoms with E-state index in [1.54, 1.807) is 42.6 Å². The summed E-state index contributed by atoms with van der Waals surface area (Å²) in [6, 6.07) is 21.5. The van der Waals surface area contributed by atoms with Crippen LogP contribution >= 0.6 is 0 Å². The van der Waals surface area contributed by atoms with E-state index >= 15 is 0 Å². The number of carboxylic acid groups (broad SMARTS) is 1. The van der Waals surface area contributed by atoms with Gasteiger partial charge in [-0.2, -0.15) is 0 Å². The van der Waals surface area contributed by atoms with Crippen LogP contribution in [-0.4, -0.2) is 65.5 Å². The maximum absolute atomic E-state index is 12.5. The molecule has 0 aliphatic carbocycles. The molecule has 38 heavy (non-hydrogen) atoms. The molecule has 0 fully saturated rings. The standard InChI is InChI=1S/C29H30N4O5/c1-32(19-21-3-5-23(6-4-21)29(35)36)16-17-33(2)20-27(34)31-24-9-13-26(14-10-24)38-25-11-7-22(8-12-25)28-30-15-18-37-28/h3-15,18H,16-17,19-20H2,1-2H3,(H,31,34)(H,35,36). The number of anilines is 1. The number of aromatic carboxylic acids is 1. The highest BCUT2D eigenvalue weighted by atomic mass is 16.5. The third kappa shape index (κ3) is 7.76. The van der Waals surface area contributed by atoms with Crippen LogP contribution in [0.2, 0.25) is 0 Å². The van der Waals surface area contributed by atoms with Crippen LogP contribution in [0.1, 0.15) is 15.9 Å². The molecule has 0 saturated heterocycles. The van der Waals surface area contributed by atoms with E-state index in [1.165, 1.54) is 6.26 Å². The van der Waals surface area contributed by atoms with E-state index in [1.807, 2.05) is 55.4 Å². The quantitative estimate of drug-likeness (QED) is 0.277. The van der Waals surface area contributed by atoms with Gasteiger partial charge >= 0.3 is 5.97 Å². The SMILES string of the molecule is CN(CCN(C)Cc1ccc(C(=O)O)cc1)CC(=O)Nc1ccc(Oc2ccc(-c3ncco3)cc2)cc1. The highest BCUT2D eigenvalue weighted by Crippen LogP contribution is 2.26. The van der Waals surface area contributed by atoms with Gasteiger partial charge in [0.2, 0.25) is 11.8 Å². The minimum atomic E-state index is -0.931. The van der Waals surface area contributed by atoms with E-state index in [0.717, 1.165) is 17.7 Å². The number of nitrogens with one attached hydrogen (secondary N) is 1. The molecule has 0 atom stereocenters. The van der Waals surface area contributed by atoms with Gasteiger partial charge in [-0.15, -0.1) is 0 Å². The average Bonchev–Trinajstić information content (AvgIpc) is 3.44. The van der Waals surface area contributed by atoms with Crippen LogP contribution < -0.4 is 10.1 Å². The summed E-state index contributed by atoms with van der Waals surface area (Å²) < 4.78 is 11.2. The Morgan fingerprint density at radius 2 is 1.53 bits per heavy atom. The van der Waals surface area contributed by atoms with Gasteiger partial charge in [-0.1, -0.05) is 12.1 Å². The van der Waals surface area contributed by atoms with Crippen molar-refractivity contribution in [1.82, 2.24) is 14.8 Å². The van der Waals surface area contributed by atoms with Crippen LogP contribution in [0.4, 0.5) is 5.69 Å².